The van der Waals surface area contributed by atoms with E-state index in [9.17, 15) is 14.7 Å². The molecular weight excluding hydrogens is 346 g/mol. The van der Waals surface area contributed by atoms with E-state index >= 15 is 0 Å². The molecule has 6 nitrogen and oxygen atoms in total. The predicted octanol–water partition coefficient (Wildman–Crippen LogP) is 4.20. The minimum Gasteiger partial charge on any atom is -0.506 e. The minimum atomic E-state index is -0.677. The lowest BCUT2D eigenvalue weighted by Crippen LogP contribution is -2.13. The Morgan fingerprint density at radius 2 is 1.93 bits per heavy atom. The van der Waals surface area contributed by atoms with Gasteiger partial charge in [-0.1, -0.05) is 19.1 Å². The van der Waals surface area contributed by atoms with Crippen LogP contribution in [-0.2, 0) is 4.74 Å². The first-order valence-electron chi connectivity index (χ1n) is 8.59. The summed E-state index contributed by atoms with van der Waals surface area (Å²) in [4.78, 5) is 28.2. The molecule has 1 unspecified atom stereocenters. The maximum Gasteiger partial charge on any atom is 0.348 e. The highest BCUT2D eigenvalue weighted by Crippen LogP contribution is 2.25. The van der Waals surface area contributed by atoms with Crippen molar-refractivity contribution in [3.63, 3.8) is 0 Å². The highest BCUT2D eigenvalue weighted by atomic mass is 16.5. The van der Waals surface area contributed by atoms with Crippen LogP contribution >= 0.6 is 0 Å². The number of benzene rings is 2. The molecule has 0 aliphatic heterocycles. The van der Waals surface area contributed by atoms with Crippen molar-refractivity contribution >= 4 is 28.8 Å². The van der Waals surface area contributed by atoms with E-state index in [-0.39, 0.29) is 17.4 Å². The van der Waals surface area contributed by atoms with Crippen molar-refractivity contribution in [2.75, 3.05) is 0 Å². The number of hydrogen-bond donors (Lipinski definition) is 1. The van der Waals surface area contributed by atoms with E-state index < -0.39 is 11.6 Å². The fourth-order valence-electron chi connectivity index (χ4n) is 2.42. The first-order chi connectivity index (χ1) is 13.0. The Kier molecular flexibility index (Phi) is 5.35. The summed E-state index contributed by atoms with van der Waals surface area (Å²) in [5.74, 6) is -0.577. The van der Waals surface area contributed by atoms with E-state index in [2.05, 4.69) is 4.99 Å². The van der Waals surface area contributed by atoms with Crippen molar-refractivity contribution in [2.45, 2.75) is 26.4 Å². The van der Waals surface area contributed by atoms with Gasteiger partial charge in [0.2, 0.25) is 0 Å². The van der Waals surface area contributed by atoms with Crippen molar-refractivity contribution in [2.24, 2.45) is 4.99 Å². The van der Waals surface area contributed by atoms with E-state index in [0.29, 0.717) is 22.2 Å². The van der Waals surface area contributed by atoms with Gasteiger partial charge in [0.1, 0.15) is 16.9 Å². The van der Waals surface area contributed by atoms with Gasteiger partial charge in [0.25, 0.3) is 0 Å². The van der Waals surface area contributed by atoms with Gasteiger partial charge in [-0.15, -0.1) is 0 Å². The first-order valence-corrected chi connectivity index (χ1v) is 8.59. The number of nitrogens with zero attached hydrogens (tertiary/aromatic N) is 1. The summed E-state index contributed by atoms with van der Waals surface area (Å²) in [5.41, 5.74) is 0.531. The average Bonchev–Trinajstić information content (AvgIpc) is 2.68. The van der Waals surface area contributed by atoms with Crippen LogP contribution in [0.2, 0.25) is 0 Å². The highest BCUT2D eigenvalue weighted by molar-refractivity contribution is 5.94. The van der Waals surface area contributed by atoms with Gasteiger partial charge in [0.15, 0.2) is 0 Å². The molecule has 138 valence electrons. The SMILES string of the molecule is CCC(C)OC(=O)c1ccc(N=Cc2c(O)c3ccccc3oc2=O)cc1. The topological polar surface area (TPSA) is 89.1 Å². The number of rotatable bonds is 5. The molecule has 1 aromatic heterocycles. The summed E-state index contributed by atoms with van der Waals surface area (Å²) in [7, 11) is 0. The second-order valence-electron chi connectivity index (χ2n) is 6.08. The largest absolute Gasteiger partial charge is 0.506 e. The van der Waals surface area contributed by atoms with E-state index in [1.54, 1.807) is 48.5 Å². The molecule has 0 fully saturated rings. The molecule has 27 heavy (non-hydrogen) atoms. The molecule has 0 spiro atoms. The van der Waals surface area contributed by atoms with Crippen molar-refractivity contribution in [3.8, 4) is 5.75 Å². The number of ether oxygens (including phenoxy) is 1. The number of carbonyl (C=O) groups excluding carboxylic acids is 1. The van der Waals surface area contributed by atoms with Crippen LogP contribution in [0.3, 0.4) is 0 Å². The standard InChI is InChI=1S/C21H19NO5/c1-3-13(2)26-20(24)14-8-10-15(11-9-14)22-12-17-19(23)16-6-4-5-7-18(16)27-21(17)25/h4-13,23H,3H2,1-2H3. The van der Waals surface area contributed by atoms with Crippen LogP contribution in [-0.4, -0.2) is 23.4 Å². The number of carbonyl (C=O) groups is 1. The Labute approximate surface area is 155 Å². The fraction of sp³-hybridized carbons (Fsp3) is 0.190. The lowest BCUT2D eigenvalue weighted by molar-refractivity contribution is 0.0334. The molecule has 0 aliphatic carbocycles. The number of hydrogen-bond acceptors (Lipinski definition) is 6. The first kappa shape index (κ1) is 18.4. The van der Waals surface area contributed by atoms with E-state index in [4.69, 9.17) is 9.15 Å². The van der Waals surface area contributed by atoms with Gasteiger partial charge < -0.3 is 14.3 Å². The monoisotopic (exact) mass is 365 g/mol. The van der Waals surface area contributed by atoms with Gasteiger partial charge in [-0.3, -0.25) is 4.99 Å². The zero-order chi connectivity index (χ0) is 19.4. The third-order valence-electron chi connectivity index (χ3n) is 4.15. The minimum absolute atomic E-state index is 0.0334. The second-order valence-corrected chi connectivity index (χ2v) is 6.08. The van der Waals surface area contributed by atoms with Crippen LogP contribution in [0, 0.1) is 0 Å². The summed E-state index contributed by atoms with van der Waals surface area (Å²) in [6, 6.07) is 13.2. The molecule has 1 atom stereocenters. The molecule has 2 aromatic carbocycles. The molecule has 0 amide bonds. The van der Waals surface area contributed by atoms with Crippen LogP contribution in [0.4, 0.5) is 5.69 Å². The van der Waals surface area contributed by atoms with Gasteiger partial charge >= 0.3 is 11.6 Å². The third kappa shape index (κ3) is 4.06. The summed E-state index contributed by atoms with van der Waals surface area (Å²) in [6.07, 6.45) is 1.84. The second kappa shape index (κ2) is 7.86. The number of esters is 1. The summed E-state index contributed by atoms with van der Waals surface area (Å²) in [5, 5.41) is 10.8. The third-order valence-corrected chi connectivity index (χ3v) is 4.15. The summed E-state index contributed by atoms with van der Waals surface area (Å²) < 4.78 is 10.5. The Bertz CT molecular complexity index is 1050. The molecule has 0 saturated heterocycles. The van der Waals surface area contributed by atoms with E-state index in [1.165, 1.54) is 6.21 Å². The van der Waals surface area contributed by atoms with Crippen LogP contribution in [0.25, 0.3) is 11.0 Å². The molecular formula is C21H19NO5. The quantitative estimate of drug-likeness (QED) is 0.416. The van der Waals surface area contributed by atoms with Gasteiger partial charge in [-0.2, -0.15) is 0 Å². The van der Waals surface area contributed by atoms with Gasteiger partial charge in [0, 0.05) is 6.21 Å². The smallest absolute Gasteiger partial charge is 0.348 e. The zero-order valence-electron chi connectivity index (χ0n) is 15.0. The van der Waals surface area contributed by atoms with Crippen LogP contribution in [0.1, 0.15) is 36.2 Å². The van der Waals surface area contributed by atoms with Gasteiger partial charge in [-0.25, -0.2) is 9.59 Å². The molecule has 0 bridgehead atoms. The molecule has 3 rings (SSSR count). The van der Waals surface area contributed by atoms with Crippen LogP contribution < -0.4 is 5.63 Å². The lowest BCUT2D eigenvalue weighted by atomic mass is 10.1. The summed E-state index contributed by atoms with van der Waals surface area (Å²) in [6.45, 7) is 3.77. The maximum atomic E-state index is 12.1. The molecule has 6 heteroatoms. The van der Waals surface area contributed by atoms with Crippen LogP contribution in [0.15, 0.2) is 62.7 Å². The number of para-hydroxylation sites is 1. The molecule has 1 N–H and O–H groups in total. The molecule has 0 saturated carbocycles. The van der Waals surface area contributed by atoms with Gasteiger partial charge in [-0.05, 0) is 49.7 Å². The average molecular weight is 365 g/mol. The lowest BCUT2D eigenvalue weighted by Gasteiger charge is -2.10. The predicted molar refractivity (Wildman–Crippen MR) is 103 cm³/mol. The Hall–Kier alpha value is -3.41. The highest BCUT2D eigenvalue weighted by Gasteiger charge is 2.12. The van der Waals surface area contributed by atoms with Gasteiger partial charge in [0.05, 0.1) is 22.7 Å². The van der Waals surface area contributed by atoms with Crippen molar-refractivity contribution in [3.05, 3.63) is 70.1 Å². The van der Waals surface area contributed by atoms with Crippen LogP contribution in [0.5, 0.6) is 5.75 Å². The Morgan fingerprint density at radius 3 is 2.63 bits per heavy atom. The number of fused-ring (bicyclic) bond motifs is 1. The molecule has 1 heterocycles. The van der Waals surface area contributed by atoms with Crippen molar-refractivity contribution < 1.29 is 19.1 Å². The maximum absolute atomic E-state index is 12.1. The molecule has 3 aromatic rings. The van der Waals surface area contributed by atoms with E-state index in [0.717, 1.165) is 6.42 Å². The Balaban J connectivity index is 1.84. The van der Waals surface area contributed by atoms with E-state index in [1.807, 2.05) is 13.8 Å². The van der Waals surface area contributed by atoms with Crippen molar-refractivity contribution in [1.82, 2.24) is 0 Å². The fourth-order valence-corrected chi connectivity index (χ4v) is 2.42. The number of aliphatic imine (C=N–C) groups is 1. The molecule has 0 aliphatic rings. The number of aromatic hydroxyl groups is 1. The van der Waals surface area contributed by atoms with Crippen molar-refractivity contribution in [1.29, 1.82) is 0 Å². The Morgan fingerprint density at radius 1 is 1.22 bits per heavy atom. The normalized spacial score (nSPS) is 12.4. The zero-order valence-corrected chi connectivity index (χ0v) is 15.0. The molecule has 0 radical (unpaired) electrons. The summed E-state index contributed by atoms with van der Waals surface area (Å²) >= 11 is 0.